The number of ether oxygens (including phenoxy) is 2. The summed E-state index contributed by atoms with van der Waals surface area (Å²) in [5.74, 6) is 5.60. The lowest BCUT2D eigenvalue weighted by Crippen LogP contribution is -2.51. The van der Waals surface area contributed by atoms with E-state index in [2.05, 4.69) is 56.6 Å². The van der Waals surface area contributed by atoms with Crippen LogP contribution < -0.4 is 4.74 Å². The maximum Gasteiger partial charge on any atom is 0.514 e. The lowest BCUT2D eigenvalue weighted by atomic mass is 9.47. The number of benzene rings is 1. The smallest absolute Gasteiger partial charge is 0.430 e. The van der Waals surface area contributed by atoms with Crippen molar-refractivity contribution in [3.05, 3.63) is 40.4 Å². The molecule has 0 heterocycles. The molecule has 3 nitrogen and oxygen atoms in total. The van der Waals surface area contributed by atoms with Gasteiger partial charge in [0.05, 0.1) is 0 Å². The molecule has 0 aliphatic heterocycles. The van der Waals surface area contributed by atoms with Gasteiger partial charge in [0.25, 0.3) is 0 Å². The average Bonchev–Trinajstić information content (AvgIpc) is 3.23. The fraction of sp³-hybridized carbons (Fsp3) is 0.735. The van der Waals surface area contributed by atoms with Gasteiger partial charge >= 0.3 is 6.16 Å². The second-order valence-electron chi connectivity index (χ2n) is 14.1. The molecule has 4 heteroatoms. The lowest BCUT2D eigenvalue weighted by Gasteiger charge is -2.58. The highest BCUT2D eigenvalue weighted by Crippen LogP contribution is 2.67. The number of allylic oxidation sites excluding steroid dienone is 1. The van der Waals surface area contributed by atoms with E-state index in [1.807, 2.05) is 12.1 Å². The van der Waals surface area contributed by atoms with Gasteiger partial charge < -0.3 is 9.47 Å². The maximum absolute atomic E-state index is 12.5. The molecule has 0 N–H and O–H groups in total. The zero-order valence-electron chi connectivity index (χ0n) is 24.3. The second kappa shape index (κ2) is 11.3. The minimum atomic E-state index is -0.580. The molecule has 0 spiro atoms. The highest BCUT2D eigenvalue weighted by Gasteiger charge is 2.59. The van der Waals surface area contributed by atoms with Gasteiger partial charge in [0.1, 0.15) is 11.9 Å². The Morgan fingerprint density at radius 2 is 1.76 bits per heavy atom. The summed E-state index contributed by atoms with van der Waals surface area (Å²) < 4.78 is 12.2. The van der Waals surface area contributed by atoms with Gasteiger partial charge in [-0.25, -0.2) is 4.79 Å². The average molecular weight is 586 g/mol. The minimum Gasteiger partial charge on any atom is -0.430 e. The normalized spacial score (nSPS) is 37.0. The number of hydrogen-bond donors (Lipinski definition) is 0. The molecule has 0 amide bonds. The van der Waals surface area contributed by atoms with E-state index in [-0.39, 0.29) is 11.5 Å². The fourth-order valence-electron chi connectivity index (χ4n) is 9.51. The fourth-order valence-corrected chi connectivity index (χ4v) is 9.78. The van der Waals surface area contributed by atoms with Crippen molar-refractivity contribution in [1.29, 1.82) is 0 Å². The van der Waals surface area contributed by atoms with Crippen LogP contribution >= 0.6 is 15.9 Å². The van der Waals surface area contributed by atoms with Crippen molar-refractivity contribution in [2.75, 3.05) is 0 Å². The molecule has 1 aromatic carbocycles. The zero-order valence-corrected chi connectivity index (χ0v) is 25.9. The zero-order chi connectivity index (χ0) is 27.1. The molecule has 5 rings (SSSR count). The molecule has 4 aliphatic carbocycles. The van der Waals surface area contributed by atoms with Crippen molar-refractivity contribution in [1.82, 2.24) is 0 Å². The van der Waals surface area contributed by atoms with Crippen LogP contribution in [0.25, 0.3) is 0 Å². The highest BCUT2D eigenvalue weighted by molar-refractivity contribution is 9.10. The first-order chi connectivity index (χ1) is 18.1. The van der Waals surface area contributed by atoms with Gasteiger partial charge in [-0.3, -0.25) is 0 Å². The SMILES string of the molecule is CC(C)CCC[C@@H](C)[C@H]1CC[C@@H]2[C@@H]3CC=C4C[C@@H](OC(=O)Oc5ccc(Br)cc5)CC[C@]4(C)[C@H]3CC[C@@]21C. The van der Waals surface area contributed by atoms with Crippen molar-refractivity contribution in [3.8, 4) is 5.75 Å². The summed E-state index contributed by atoms with van der Waals surface area (Å²) in [5, 5.41) is 0. The quantitative estimate of drug-likeness (QED) is 0.181. The van der Waals surface area contributed by atoms with Gasteiger partial charge in [-0.1, -0.05) is 81.5 Å². The molecule has 0 bridgehead atoms. The second-order valence-corrected chi connectivity index (χ2v) is 15.0. The first-order valence-corrected chi connectivity index (χ1v) is 16.2. The van der Waals surface area contributed by atoms with Crippen LogP contribution in [0, 0.1) is 46.3 Å². The summed E-state index contributed by atoms with van der Waals surface area (Å²) in [5.41, 5.74) is 2.34. The van der Waals surface area contributed by atoms with E-state index < -0.39 is 6.16 Å². The van der Waals surface area contributed by atoms with Crippen LogP contribution in [0.4, 0.5) is 4.79 Å². The van der Waals surface area contributed by atoms with E-state index in [1.54, 1.807) is 17.7 Å². The Kier molecular flexibility index (Phi) is 8.40. The number of carbonyl (C=O) groups is 1. The van der Waals surface area contributed by atoms with Crippen LogP contribution in [0.3, 0.4) is 0 Å². The Balaban J connectivity index is 1.21. The molecule has 38 heavy (non-hydrogen) atoms. The first-order valence-electron chi connectivity index (χ1n) is 15.4. The third kappa shape index (κ3) is 5.50. The Morgan fingerprint density at radius 1 is 1.00 bits per heavy atom. The largest absolute Gasteiger partial charge is 0.514 e. The molecular weight excluding hydrogens is 536 g/mol. The Hall–Kier alpha value is -1.29. The third-order valence-electron chi connectivity index (χ3n) is 11.5. The van der Waals surface area contributed by atoms with Crippen LogP contribution in [0.5, 0.6) is 5.75 Å². The maximum atomic E-state index is 12.5. The number of rotatable bonds is 7. The molecule has 4 aliphatic rings. The van der Waals surface area contributed by atoms with E-state index in [1.165, 1.54) is 51.4 Å². The monoisotopic (exact) mass is 584 g/mol. The van der Waals surface area contributed by atoms with Gasteiger partial charge in [-0.05, 0) is 116 Å². The molecule has 3 saturated carbocycles. The van der Waals surface area contributed by atoms with Crippen LogP contribution in [-0.4, -0.2) is 12.3 Å². The van der Waals surface area contributed by atoms with E-state index >= 15 is 0 Å². The van der Waals surface area contributed by atoms with Crippen molar-refractivity contribution < 1.29 is 14.3 Å². The third-order valence-corrected chi connectivity index (χ3v) is 12.1. The van der Waals surface area contributed by atoms with E-state index in [0.29, 0.717) is 11.2 Å². The Bertz CT molecular complexity index is 1020. The van der Waals surface area contributed by atoms with Gasteiger partial charge in [-0.2, -0.15) is 0 Å². The van der Waals surface area contributed by atoms with Crippen LogP contribution in [-0.2, 0) is 4.74 Å². The molecule has 1 aromatic rings. The van der Waals surface area contributed by atoms with Crippen molar-refractivity contribution >= 4 is 22.1 Å². The van der Waals surface area contributed by atoms with Gasteiger partial charge in [0, 0.05) is 10.9 Å². The van der Waals surface area contributed by atoms with E-state index in [0.717, 1.165) is 59.2 Å². The van der Waals surface area contributed by atoms with Crippen LogP contribution in [0.15, 0.2) is 40.4 Å². The highest BCUT2D eigenvalue weighted by atomic mass is 79.9. The lowest BCUT2D eigenvalue weighted by molar-refractivity contribution is -0.0597. The number of carbonyl (C=O) groups excluding carboxylic acids is 1. The summed E-state index contributed by atoms with van der Waals surface area (Å²) in [7, 11) is 0. The minimum absolute atomic E-state index is 0.0785. The van der Waals surface area contributed by atoms with Crippen LogP contribution in [0.1, 0.15) is 105 Å². The topological polar surface area (TPSA) is 35.5 Å². The predicted molar refractivity (Wildman–Crippen MR) is 158 cm³/mol. The molecule has 0 saturated heterocycles. The molecule has 210 valence electrons. The standard InChI is InChI=1S/C34H49BrO3/c1-22(2)7-6-8-23(3)29-15-16-30-28-14-9-24-21-27(38-32(36)37-26-12-10-25(35)11-13-26)17-19-33(24,4)31(28)18-20-34(29,30)5/h9-13,22-23,27-31H,6-8,14-21H2,1-5H3/t23-,27+,28+,29-,30-,31+,33+,34-/m1/s1. The van der Waals surface area contributed by atoms with Crippen molar-refractivity contribution in [2.45, 2.75) is 111 Å². The Labute approximate surface area is 239 Å². The van der Waals surface area contributed by atoms with Gasteiger partial charge in [0.15, 0.2) is 0 Å². The van der Waals surface area contributed by atoms with Crippen LogP contribution in [0.2, 0.25) is 0 Å². The predicted octanol–water partition coefficient (Wildman–Crippen LogP) is 10.4. The number of hydrogen-bond acceptors (Lipinski definition) is 3. The summed E-state index contributed by atoms with van der Waals surface area (Å²) in [6.45, 7) is 12.5. The molecule has 3 fully saturated rings. The van der Waals surface area contributed by atoms with Crippen molar-refractivity contribution in [3.63, 3.8) is 0 Å². The van der Waals surface area contributed by atoms with Gasteiger partial charge in [0.2, 0.25) is 0 Å². The summed E-state index contributed by atoms with van der Waals surface area (Å²) in [4.78, 5) is 12.5. The van der Waals surface area contributed by atoms with E-state index in [9.17, 15) is 4.79 Å². The molecule has 0 radical (unpaired) electrons. The first kappa shape index (κ1) is 28.2. The van der Waals surface area contributed by atoms with Crippen molar-refractivity contribution in [2.24, 2.45) is 46.3 Å². The van der Waals surface area contributed by atoms with Gasteiger partial charge in [-0.15, -0.1) is 0 Å². The Morgan fingerprint density at radius 3 is 2.50 bits per heavy atom. The van der Waals surface area contributed by atoms with E-state index in [4.69, 9.17) is 9.47 Å². The summed E-state index contributed by atoms with van der Waals surface area (Å²) in [6.07, 6.45) is 15.9. The summed E-state index contributed by atoms with van der Waals surface area (Å²) in [6, 6.07) is 7.30. The number of fused-ring (bicyclic) bond motifs is 5. The molecular formula is C34H49BrO3. The molecule has 0 unspecified atom stereocenters. The summed E-state index contributed by atoms with van der Waals surface area (Å²) >= 11 is 3.42. The molecule has 8 atom stereocenters. The molecule has 0 aromatic heterocycles. The number of halogens is 1.